The first-order valence-corrected chi connectivity index (χ1v) is 4.85. The summed E-state index contributed by atoms with van der Waals surface area (Å²) in [5.41, 5.74) is 0. The zero-order chi connectivity index (χ0) is 8.32. The molecule has 12 heavy (non-hydrogen) atoms. The SMILES string of the molecule is Cl.O=S(=O)(F)N1CCCNCC1. The highest BCUT2D eigenvalue weighted by molar-refractivity contribution is 7.83. The molecule has 7 heteroatoms. The van der Waals surface area contributed by atoms with Gasteiger partial charge in [-0.15, -0.1) is 12.4 Å². The van der Waals surface area contributed by atoms with Crippen LogP contribution in [0.1, 0.15) is 6.42 Å². The van der Waals surface area contributed by atoms with Crippen LogP contribution < -0.4 is 5.32 Å². The fraction of sp³-hybridized carbons (Fsp3) is 1.00. The molecule has 1 saturated heterocycles. The van der Waals surface area contributed by atoms with E-state index in [0.29, 0.717) is 13.0 Å². The molecule has 0 aliphatic carbocycles. The predicted molar refractivity (Wildman–Crippen MR) is 46.3 cm³/mol. The molecule has 0 amide bonds. The Kier molecular flexibility index (Phi) is 5.00. The summed E-state index contributed by atoms with van der Waals surface area (Å²) in [5.74, 6) is 0. The van der Waals surface area contributed by atoms with E-state index >= 15 is 0 Å². The van der Waals surface area contributed by atoms with E-state index < -0.39 is 10.4 Å². The largest absolute Gasteiger partial charge is 0.374 e. The third-order valence-corrected chi connectivity index (χ3v) is 2.59. The van der Waals surface area contributed by atoms with Gasteiger partial charge < -0.3 is 5.32 Å². The van der Waals surface area contributed by atoms with Gasteiger partial charge in [0.1, 0.15) is 0 Å². The molecule has 0 saturated carbocycles. The van der Waals surface area contributed by atoms with Crippen LogP contribution in [-0.2, 0) is 10.4 Å². The summed E-state index contributed by atoms with van der Waals surface area (Å²) >= 11 is 0. The standard InChI is InChI=1S/C5H11FN2O2S.ClH/c6-11(9,10)8-4-1-2-7-3-5-8;/h7H,1-5H2;1H. The van der Waals surface area contributed by atoms with Crippen molar-refractivity contribution in [2.45, 2.75) is 6.42 Å². The molecule has 0 spiro atoms. The quantitative estimate of drug-likeness (QED) is 0.627. The van der Waals surface area contributed by atoms with Gasteiger partial charge in [0.05, 0.1) is 0 Å². The van der Waals surface area contributed by atoms with Gasteiger partial charge in [0.15, 0.2) is 0 Å². The van der Waals surface area contributed by atoms with Crippen LogP contribution in [0.2, 0.25) is 0 Å². The van der Waals surface area contributed by atoms with Gasteiger partial charge in [-0.2, -0.15) is 12.7 Å². The number of rotatable bonds is 1. The molecule has 1 N–H and O–H groups in total. The van der Waals surface area contributed by atoms with Gasteiger partial charge in [-0.25, -0.2) is 0 Å². The van der Waals surface area contributed by atoms with Crippen LogP contribution in [0, 0.1) is 0 Å². The van der Waals surface area contributed by atoms with Gasteiger partial charge >= 0.3 is 10.4 Å². The fourth-order valence-electron chi connectivity index (χ4n) is 1.04. The van der Waals surface area contributed by atoms with Crippen molar-refractivity contribution in [2.75, 3.05) is 26.2 Å². The van der Waals surface area contributed by atoms with Crippen molar-refractivity contribution >= 4 is 22.8 Å². The lowest BCUT2D eigenvalue weighted by Crippen LogP contribution is -2.31. The lowest BCUT2D eigenvalue weighted by Gasteiger charge is -2.12. The Bertz CT molecular complexity index is 213. The molecule has 4 nitrogen and oxygen atoms in total. The molecule has 1 aliphatic rings. The summed E-state index contributed by atoms with van der Waals surface area (Å²) in [6.45, 7) is 1.81. The van der Waals surface area contributed by atoms with E-state index in [1.165, 1.54) is 0 Å². The van der Waals surface area contributed by atoms with Crippen molar-refractivity contribution in [3.05, 3.63) is 0 Å². The molecular weight excluding hydrogens is 207 g/mol. The smallest absolute Gasteiger partial charge is 0.315 e. The Morgan fingerprint density at radius 2 is 1.92 bits per heavy atom. The number of halogens is 2. The lowest BCUT2D eigenvalue weighted by molar-refractivity contribution is 0.401. The van der Waals surface area contributed by atoms with E-state index in [1.807, 2.05) is 0 Å². The van der Waals surface area contributed by atoms with Crippen molar-refractivity contribution < 1.29 is 12.3 Å². The molecule has 0 aromatic carbocycles. The Labute approximate surface area is 77.9 Å². The fourth-order valence-corrected chi connectivity index (χ4v) is 1.70. The predicted octanol–water partition coefficient (Wildman–Crippen LogP) is -0.0822. The minimum atomic E-state index is -4.46. The van der Waals surface area contributed by atoms with Crippen molar-refractivity contribution in [1.82, 2.24) is 9.62 Å². The van der Waals surface area contributed by atoms with Crippen LogP contribution in [0.3, 0.4) is 0 Å². The average Bonchev–Trinajstić information content (AvgIpc) is 2.10. The summed E-state index contributed by atoms with van der Waals surface area (Å²) in [6.07, 6.45) is 0.670. The lowest BCUT2D eigenvalue weighted by atomic mass is 10.4. The summed E-state index contributed by atoms with van der Waals surface area (Å²) in [4.78, 5) is 0. The molecule has 0 atom stereocenters. The van der Waals surface area contributed by atoms with Crippen LogP contribution in [0.4, 0.5) is 3.89 Å². The van der Waals surface area contributed by atoms with E-state index in [1.54, 1.807) is 0 Å². The molecule has 1 fully saturated rings. The normalized spacial score (nSPS) is 21.1. The second-order valence-electron chi connectivity index (χ2n) is 2.44. The van der Waals surface area contributed by atoms with Crippen molar-refractivity contribution in [2.24, 2.45) is 0 Å². The van der Waals surface area contributed by atoms with Gasteiger partial charge in [-0.3, -0.25) is 0 Å². The summed E-state index contributed by atoms with van der Waals surface area (Å²) in [6, 6.07) is 0. The topological polar surface area (TPSA) is 49.4 Å². The first-order chi connectivity index (χ1) is 5.11. The van der Waals surface area contributed by atoms with Gasteiger partial charge in [-0.1, -0.05) is 3.89 Å². The number of nitrogens with zero attached hydrogens (tertiary/aromatic N) is 1. The Hall–Kier alpha value is 0.0900. The third-order valence-electron chi connectivity index (χ3n) is 1.61. The van der Waals surface area contributed by atoms with E-state index in [9.17, 15) is 12.3 Å². The zero-order valence-corrected chi connectivity index (χ0v) is 8.13. The van der Waals surface area contributed by atoms with Gasteiger partial charge in [0.2, 0.25) is 0 Å². The maximum absolute atomic E-state index is 12.3. The van der Waals surface area contributed by atoms with E-state index in [0.717, 1.165) is 10.8 Å². The average molecular weight is 219 g/mol. The Balaban J connectivity index is 0.00000121. The number of hydrogen-bond acceptors (Lipinski definition) is 3. The molecule has 0 aromatic rings. The van der Waals surface area contributed by atoms with Crippen molar-refractivity contribution in [3.63, 3.8) is 0 Å². The van der Waals surface area contributed by atoms with E-state index in [-0.39, 0.29) is 25.5 Å². The first kappa shape index (κ1) is 12.1. The van der Waals surface area contributed by atoms with Gasteiger partial charge in [0, 0.05) is 19.6 Å². The summed E-state index contributed by atoms with van der Waals surface area (Å²) in [7, 11) is -4.46. The Morgan fingerprint density at radius 1 is 1.25 bits per heavy atom. The number of hydrogen-bond donors (Lipinski definition) is 1. The van der Waals surface area contributed by atoms with Crippen molar-refractivity contribution in [1.29, 1.82) is 0 Å². The van der Waals surface area contributed by atoms with Gasteiger partial charge in [0.25, 0.3) is 0 Å². The Morgan fingerprint density at radius 3 is 2.50 bits per heavy atom. The molecule has 0 unspecified atom stereocenters. The van der Waals surface area contributed by atoms with E-state index in [4.69, 9.17) is 0 Å². The van der Waals surface area contributed by atoms with Crippen LogP contribution in [-0.4, -0.2) is 38.9 Å². The zero-order valence-electron chi connectivity index (χ0n) is 6.49. The molecule has 1 heterocycles. The van der Waals surface area contributed by atoms with E-state index in [2.05, 4.69) is 5.32 Å². The maximum atomic E-state index is 12.3. The second-order valence-corrected chi connectivity index (χ2v) is 3.79. The minimum absolute atomic E-state index is 0. The molecule has 1 rings (SSSR count). The molecule has 0 bridgehead atoms. The number of nitrogens with one attached hydrogen (secondary N) is 1. The highest BCUT2D eigenvalue weighted by Crippen LogP contribution is 2.04. The minimum Gasteiger partial charge on any atom is -0.315 e. The molecular formula is C5H12ClFN2O2S. The molecule has 1 aliphatic heterocycles. The van der Waals surface area contributed by atoms with Crippen LogP contribution in [0.25, 0.3) is 0 Å². The monoisotopic (exact) mass is 218 g/mol. The maximum Gasteiger partial charge on any atom is 0.374 e. The highest BCUT2D eigenvalue weighted by Gasteiger charge is 2.20. The highest BCUT2D eigenvalue weighted by atomic mass is 35.5. The van der Waals surface area contributed by atoms with Gasteiger partial charge in [-0.05, 0) is 13.0 Å². The van der Waals surface area contributed by atoms with Crippen LogP contribution in [0.5, 0.6) is 0 Å². The molecule has 0 radical (unpaired) electrons. The molecule has 74 valence electrons. The van der Waals surface area contributed by atoms with Crippen molar-refractivity contribution in [3.8, 4) is 0 Å². The summed E-state index contributed by atoms with van der Waals surface area (Å²) < 4.78 is 33.9. The summed E-state index contributed by atoms with van der Waals surface area (Å²) in [5, 5.41) is 2.98. The second kappa shape index (κ2) is 4.96. The first-order valence-electron chi connectivity index (χ1n) is 3.51. The van der Waals surface area contributed by atoms with Crippen LogP contribution in [0.15, 0.2) is 0 Å². The third kappa shape index (κ3) is 3.66. The van der Waals surface area contributed by atoms with Crippen LogP contribution >= 0.6 is 12.4 Å². The molecule has 0 aromatic heterocycles.